The van der Waals surface area contributed by atoms with Crippen molar-refractivity contribution in [2.45, 2.75) is 54.8 Å². The largest absolute Gasteiger partial charge is 0.453 e. The first-order chi connectivity index (χ1) is 12.4. The Morgan fingerprint density at radius 2 is 1.37 bits per heavy atom. The van der Waals surface area contributed by atoms with Crippen LogP contribution in [0.3, 0.4) is 0 Å². The van der Waals surface area contributed by atoms with Gasteiger partial charge >= 0.3 is 18.3 Å². The van der Waals surface area contributed by atoms with Crippen LogP contribution in [0.4, 0.5) is 14.4 Å². The van der Waals surface area contributed by atoms with Crippen molar-refractivity contribution in [1.82, 2.24) is 15.1 Å². The average molecular weight is 490 g/mol. The monoisotopic (exact) mass is 490 g/mol. The molecule has 3 N–H and O–H groups in total. The Labute approximate surface area is 242 Å². The number of carbonyl (C=O) groups excluding carboxylic acids is 3. The summed E-state index contributed by atoms with van der Waals surface area (Å²) in [5.41, 5.74) is 5.25. The maximum Gasteiger partial charge on any atom is 0.410 e. The SMILES string of the molecule is C.C.CC.CC.CN1CC(CN)OC1=O.COC(=O)NCC1CN(C)C(=O)O1.[Ar].[Ar]. The van der Waals surface area contributed by atoms with Crippen molar-refractivity contribution in [3.63, 3.8) is 0 Å². The standard InChI is InChI=1S/C7H12N2O4.C5H10N2O2.2C2H6.2CH4.2Ar/c1-9-4-5(13-7(9)11)3-8-6(10)12-2;1-7-3-4(2-6)9-5(7)8;2*1-2;;;;/h5H,3-4H2,1-2H3,(H,8,10);4H,2-3,6H2,1H3;2*1-2H3;2*1H4;;. The fourth-order valence-electron chi connectivity index (χ4n) is 1.80. The van der Waals surface area contributed by atoms with Crippen LogP contribution in [0.25, 0.3) is 0 Å². The third kappa shape index (κ3) is 19.0. The predicted molar refractivity (Wildman–Crippen MR) is 111 cm³/mol. The van der Waals surface area contributed by atoms with Crippen molar-refractivity contribution in [1.29, 1.82) is 0 Å². The van der Waals surface area contributed by atoms with Gasteiger partial charge in [0.2, 0.25) is 0 Å². The molecule has 2 unspecified atom stereocenters. The van der Waals surface area contributed by atoms with E-state index in [2.05, 4.69) is 10.1 Å². The van der Waals surface area contributed by atoms with Crippen LogP contribution in [-0.4, -0.2) is 87.7 Å². The number of cyclic esters (lactones) is 2. The topological polar surface area (TPSA) is 123 Å². The number of alkyl carbamates (subject to hydrolysis) is 1. The molecule has 0 aromatic rings. The molecule has 0 saturated carbocycles. The molecule has 2 saturated heterocycles. The molecular formula is C18H42Ar2N4O6. The third-order valence-electron chi connectivity index (χ3n) is 3.04. The summed E-state index contributed by atoms with van der Waals surface area (Å²) < 4.78 is 14.0. The molecule has 2 aliphatic heterocycles. The van der Waals surface area contributed by atoms with E-state index in [1.54, 1.807) is 14.1 Å². The van der Waals surface area contributed by atoms with E-state index in [-0.39, 0.29) is 121 Å². The Morgan fingerprint density at radius 1 is 1.00 bits per heavy atom. The Morgan fingerprint density at radius 3 is 1.60 bits per heavy atom. The van der Waals surface area contributed by atoms with Crippen molar-refractivity contribution >= 4 is 18.3 Å². The van der Waals surface area contributed by atoms with Crippen molar-refractivity contribution in [2.75, 3.05) is 47.4 Å². The van der Waals surface area contributed by atoms with E-state index in [0.29, 0.717) is 19.6 Å². The number of carbonyl (C=O) groups is 3. The molecule has 10 nitrogen and oxygen atoms in total. The molecule has 0 aliphatic carbocycles. The van der Waals surface area contributed by atoms with E-state index >= 15 is 0 Å². The molecule has 30 heavy (non-hydrogen) atoms. The second-order valence-electron chi connectivity index (χ2n) is 4.88. The van der Waals surface area contributed by atoms with Crippen molar-refractivity contribution in [3.05, 3.63) is 0 Å². The molecule has 0 aromatic heterocycles. The summed E-state index contributed by atoms with van der Waals surface area (Å²) in [5, 5.41) is 2.45. The predicted octanol–water partition coefficient (Wildman–Crippen LogP) is 2.51. The second kappa shape index (κ2) is 27.3. The maximum atomic E-state index is 10.9. The summed E-state index contributed by atoms with van der Waals surface area (Å²) in [6.45, 7) is 9.80. The molecule has 2 heterocycles. The van der Waals surface area contributed by atoms with Gasteiger partial charge in [0.05, 0.1) is 26.7 Å². The zero-order valence-corrected chi connectivity index (χ0v) is 19.0. The minimum atomic E-state index is -0.523. The number of likely N-dealkylation sites (N-methyl/N-ethyl adjacent to an activating group) is 2. The molecule has 2 rings (SSSR count). The first-order valence-corrected chi connectivity index (χ1v) is 8.72. The Kier molecular flexibility index (Phi) is 40.1. The second-order valence-corrected chi connectivity index (χ2v) is 4.88. The molecule has 0 spiro atoms. The van der Waals surface area contributed by atoms with Gasteiger partial charge in [-0.2, -0.15) is 0 Å². The van der Waals surface area contributed by atoms with Gasteiger partial charge in [-0.25, -0.2) is 14.4 Å². The molecule has 186 valence electrons. The van der Waals surface area contributed by atoms with Gasteiger partial charge in [-0.1, -0.05) is 42.5 Å². The van der Waals surface area contributed by atoms with E-state index in [9.17, 15) is 14.4 Å². The van der Waals surface area contributed by atoms with Gasteiger partial charge in [0.1, 0.15) is 12.2 Å². The minimum absolute atomic E-state index is 0. The number of nitrogens with zero attached hydrogens (tertiary/aromatic N) is 2. The van der Waals surface area contributed by atoms with E-state index in [1.165, 1.54) is 16.9 Å². The van der Waals surface area contributed by atoms with Gasteiger partial charge < -0.3 is 35.1 Å². The molecular weight excluding hydrogens is 448 g/mol. The first-order valence-electron chi connectivity index (χ1n) is 8.72. The number of hydrogen-bond acceptors (Lipinski definition) is 7. The Hall–Kier alpha value is 0.289. The number of rotatable bonds is 3. The van der Waals surface area contributed by atoms with Crippen LogP contribution in [0.5, 0.6) is 0 Å². The van der Waals surface area contributed by atoms with Gasteiger partial charge in [-0.3, -0.25) is 0 Å². The van der Waals surface area contributed by atoms with E-state index in [0.717, 1.165) is 0 Å². The van der Waals surface area contributed by atoms with Crippen LogP contribution < -0.4 is 11.1 Å². The van der Waals surface area contributed by atoms with Gasteiger partial charge in [-0.15, -0.1) is 0 Å². The van der Waals surface area contributed by atoms with Crippen LogP contribution in [0.2, 0.25) is 0 Å². The maximum absolute atomic E-state index is 10.9. The fraction of sp³-hybridized carbons (Fsp3) is 0.833. The van der Waals surface area contributed by atoms with Crippen molar-refractivity contribution in [3.8, 4) is 0 Å². The molecule has 3 amide bonds. The number of nitrogens with two attached hydrogens (primary N) is 1. The van der Waals surface area contributed by atoms with Crippen LogP contribution in [0.1, 0.15) is 42.5 Å². The molecule has 2 fully saturated rings. The molecule has 0 bridgehead atoms. The summed E-state index contributed by atoms with van der Waals surface area (Å²) in [4.78, 5) is 35.1. The van der Waals surface area contributed by atoms with Gasteiger partial charge in [0.15, 0.2) is 0 Å². The number of nitrogens with one attached hydrogen (secondary N) is 1. The van der Waals surface area contributed by atoms with E-state index in [1.807, 2.05) is 27.7 Å². The molecule has 0 aromatic carbocycles. The van der Waals surface area contributed by atoms with E-state index in [4.69, 9.17) is 15.2 Å². The van der Waals surface area contributed by atoms with Crippen LogP contribution >= 0.6 is 0 Å². The van der Waals surface area contributed by atoms with Crippen molar-refractivity contribution in [2.24, 2.45) is 5.73 Å². The summed E-state index contributed by atoms with van der Waals surface area (Å²) in [7, 11) is 4.61. The quantitative estimate of drug-likeness (QED) is 0.583. The van der Waals surface area contributed by atoms with Gasteiger partial charge in [-0.05, 0) is 0 Å². The molecule has 0 radical (unpaired) electrons. The average Bonchev–Trinajstić information content (AvgIpc) is 3.17. The van der Waals surface area contributed by atoms with E-state index < -0.39 is 6.09 Å². The normalized spacial score (nSPS) is 17.6. The molecule has 2 atom stereocenters. The number of methoxy groups -OCH3 is 1. The first kappa shape index (κ1) is 44.0. The summed E-state index contributed by atoms with van der Waals surface area (Å²) in [6, 6.07) is 0. The fourth-order valence-corrected chi connectivity index (χ4v) is 1.80. The minimum Gasteiger partial charge on any atom is -0.453 e. The Balaban J connectivity index is -0.0000000759. The van der Waals surface area contributed by atoms with Crippen LogP contribution in [0.15, 0.2) is 0 Å². The van der Waals surface area contributed by atoms with Crippen LogP contribution in [-0.2, 0) is 14.2 Å². The number of hydrogen-bond donors (Lipinski definition) is 2. The van der Waals surface area contributed by atoms with Crippen molar-refractivity contribution < 1.29 is 104 Å². The summed E-state index contributed by atoms with van der Waals surface area (Å²) >= 11 is 0. The van der Waals surface area contributed by atoms with Gasteiger partial charge in [0, 0.05) is 96.1 Å². The third-order valence-corrected chi connectivity index (χ3v) is 3.04. The molecule has 2 aliphatic rings. The molecule has 12 heteroatoms. The summed E-state index contributed by atoms with van der Waals surface area (Å²) in [5.74, 6) is 0. The number of amides is 3. The van der Waals surface area contributed by atoms with Crippen LogP contribution in [0, 0.1) is 75.5 Å². The van der Waals surface area contributed by atoms with Gasteiger partial charge in [0.25, 0.3) is 0 Å². The number of ether oxygens (including phenoxy) is 3. The zero-order valence-electron chi connectivity index (χ0n) is 17.6. The smallest absolute Gasteiger partial charge is 0.410 e. The zero-order chi connectivity index (χ0) is 20.7. The Bertz CT molecular complexity index is 433. The summed E-state index contributed by atoms with van der Waals surface area (Å²) in [6.07, 6.45) is -1.54.